The fourth-order valence-corrected chi connectivity index (χ4v) is 3.50. The number of anilines is 1. The molecule has 3 rings (SSSR count). The van der Waals surface area contributed by atoms with Crippen LogP contribution in [0.2, 0.25) is 0 Å². The molecule has 1 aliphatic heterocycles. The summed E-state index contributed by atoms with van der Waals surface area (Å²) in [5, 5.41) is 18.5. The number of nitriles is 1. The van der Waals surface area contributed by atoms with Gasteiger partial charge in [0.15, 0.2) is 0 Å². The first-order valence-electron chi connectivity index (χ1n) is 7.77. The van der Waals surface area contributed by atoms with Gasteiger partial charge in [-0.2, -0.15) is 16.6 Å². The van der Waals surface area contributed by atoms with Crippen molar-refractivity contribution in [2.24, 2.45) is 5.92 Å². The summed E-state index contributed by atoms with van der Waals surface area (Å²) in [6.07, 6.45) is 1.33. The minimum Gasteiger partial charge on any atom is -0.337 e. The van der Waals surface area contributed by atoms with E-state index in [0.717, 1.165) is 16.8 Å². The number of nitrogens with zero attached hydrogens (tertiary/aromatic N) is 1. The average Bonchev–Trinajstić information content (AvgIpc) is 3.12. The van der Waals surface area contributed by atoms with E-state index < -0.39 is 6.04 Å². The molecule has 0 aliphatic carbocycles. The van der Waals surface area contributed by atoms with Gasteiger partial charge in [-0.1, -0.05) is 18.2 Å². The highest BCUT2D eigenvalue weighted by molar-refractivity contribution is 7.08. The van der Waals surface area contributed by atoms with Crippen LogP contribution in [0.25, 0.3) is 0 Å². The number of hydrogen-bond donors (Lipinski definition) is 2. The van der Waals surface area contributed by atoms with E-state index in [1.54, 1.807) is 0 Å². The van der Waals surface area contributed by atoms with Gasteiger partial charge >= 0.3 is 0 Å². The molecule has 24 heavy (non-hydrogen) atoms. The molecule has 1 aliphatic rings. The molecule has 0 fully saturated rings. The summed E-state index contributed by atoms with van der Waals surface area (Å²) in [7, 11) is 0. The van der Waals surface area contributed by atoms with E-state index in [9.17, 15) is 14.9 Å². The number of benzene rings is 1. The Morgan fingerprint density at radius 3 is 3.00 bits per heavy atom. The highest BCUT2D eigenvalue weighted by Crippen LogP contribution is 2.27. The highest BCUT2D eigenvalue weighted by atomic mass is 32.1. The molecule has 0 saturated heterocycles. The van der Waals surface area contributed by atoms with Crippen molar-refractivity contribution in [1.29, 1.82) is 5.26 Å². The molecule has 0 saturated carbocycles. The fraction of sp³-hybridized carbons (Fsp3) is 0.278. The fourth-order valence-electron chi connectivity index (χ4n) is 2.81. The molecule has 2 aromatic rings. The van der Waals surface area contributed by atoms with E-state index in [0.29, 0.717) is 12.8 Å². The number of para-hydroxylation sites is 1. The molecule has 0 radical (unpaired) electrons. The van der Waals surface area contributed by atoms with Crippen molar-refractivity contribution in [3.63, 3.8) is 0 Å². The third-order valence-electron chi connectivity index (χ3n) is 4.14. The van der Waals surface area contributed by atoms with Crippen LogP contribution in [0, 0.1) is 17.2 Å². The summed E-state index contributed by atoms with van der Waals surface area (Å²) in [6.45, 7) is 0. The second-order valence-electron chi connectivity index (χ2n) is 5.77. The maximum atomic E-state index is 12.1. The van der Waals surface area contributed by atoms with Crippen LogP contribution in [0.3, 0.4) is 0 Å². The predicted octanol–water partition coefficient (Wildman–Crippen LogP) is 3.02. The van der Waals surface area contributed by atoms with Crippen molar-refractivity contribution >= 4 is 28.8 Å². The number of nitrogens with one attached hydrogen (secondary N) is 2. The number of thiophene rings is 1. The van der Waals surface area contributed by atoms with Crippen LogP contribution in [0.1, 0.15) is 30.0 Å². The van der Waals surface area contributed by atoms with Gasteiger partial charge in [0, 0.05) is 18.0 Å². The number of hydrogen-bond acceptors (Lipinski definition) is 4. The molecule has 1 aromatic heterocycles. The van der Waals surface area contributed by atoms with Gasteiger partial charge in [-0.05, 0) is 46.9 Å². The van der Waals surface area contributed by atoms with Crippen LogP contribution in [0.15, 0.2) is 41.1 Å². The minimum atomic E-state index is -0.635. The largest absolute Gasteiger partial charge is 0.337 e. The van der Waals surface area contributed by atoms with Gasteiger partial charge in [0.25, 0.3) is 0 Å². The number of rotatable bonds is 5. The van der Waals surface area contributed by atoms with Crippen LogP contribution in [-0.4, -0.2) is 11.8 Å². The summed E-state index contributed by atoms with van der Waals surface area (Å²) >= 11 is 1.48. The number of amides is 2. The number of carbonyl (C=O) groups excluding carboxylic acids is 2. The monoisotopic (exact) mass is 339 g/mol. The normalized spacial score (nSPS) is 17.3. The molecule has 2 heterocycles. The smallest absolute Gasteiger partial charge is 0.227 e. The quantitative estimate of drug-likeness (QED) is 0.878. The maximum absolute atomic E-state index is 12.1. The first-order valence-corrected chi connectivity index (χ1v) is 8.71. The molecule has 2 N–H and O–H groups in total. The highest BCUT2D eigenvalue weighted by Gasteiger charge is 2.26. The molecule has 5 nitrogen and oxygen atoms in total. The van der Waals surface area contributed by atoms with Gasteiger partial charge in [0.2, 0.25) is 11.8 Å². The van der Waals surface area contributed by atoms with E-state index in [2.05, 4.69) is 16.7 Å². The molecular formula is C18H17N3O2S. The first-order chi connectivity index (χ1) is 11.7. The lowest BCUT2D eigenvalue weighted by atomic mass is 9.89. The van der Waals surface area contributed by atoms with Gasteiger partial charge in [-0.15, -0.1) is 0 Å². The molecule has 2 unspecified atom stereocenters. The molecule has 0 bridgehead atoms. The van der Waals surface area contributed by atoms with Crippen molar-refractivity contribution in [3.8, 4) is 6.07 Å². The molecule has 6 heteroatoms. The molecule has 122 valence electrons. The Hall–Kier alpha value is -2.65. The summed E-state index contributed by atoms with van der Waals surface area (Å²) < 4.78 is 0. The lowest BCUT2D eigenvalue weighted by molar-refractivity contribution is -0.123. The molecular weight excluding hydrogens is 322 g/mol. The zero-order valence-electron chi connectivity index (χ0n) is 13.0. The van der Waals surface area contributed by atoms with Gasteiger partial charge < -0.3 is 10.6 Å². The zero-order chi connectivity index (χ0) is 16.9. The topological polar surface area (TPSA) is 82.0 Å². The zero-order valence-corrected chi connectivity index (χ0v) is 13.8. The second kappa shape index (κ2) is 7.28. The third-order valence-corrected chi connectivity index (χ3v) is 4.84. The number of carbonyl (C=O) groups is 2. The maximum Gasteiger partial charge on any atom is 0.227 e. The molecule has 0 spiro atoms. The van der Waals surface area contributed by atoms with Crippen molar-refractivity contribution < 1.29 is 9.59 Å². The lowest BCUT2D eigenvalue weighted by Crippen LogP contribution is -2.32. The number of fused-ring (bicyclic) bond motifs is 1. The summed E-state index contributed by atoms with van der Waals surface area (Å²) in [6, 6.07) is 11.0. The second-order valence-corrected chi connectivity index (χ2v) is 6.55. The SMILES string of the molecule is N#CC(NC(=O)CCC1Cc2ccccc2NC1=O)c1ccsc1. The Morgan fingerprint density at radius 2 is 2.25 bits per heavy atom. The van der Waals surface area contributed by atoms with Gasteiger partial charge in [-0.3, -0.25) is 9.59 Å². The van der Waals surface area contributed by atoms with E-state index in [-0.39, 0.29) is 24.2 Å². The van der Waals surface area contributed by atoms with Crippen LogP contribution >= 0.6 is 11.3 Å². The minimum absolute atomic E-state index is 0.0452. The van der Waals surface area contributed by atoms with Crippen LogP contribution < -0.4 is 10.6 Å². The standard InChI is InChI=1S/C18H17N3O2S/c19-10-16(14-7-8-24-11-14)20-17(22)6-5-13-9-12-3-1-2-4-15(12)21-18(13)23/h1-4,7-8,11,13,16H,5-6,9H2,(H,20,22)(H,21,23). The molecule has 1 aromatic carbocycles. The molecule has 2 atom stereocenters. The van der Waals surface area contributed by atoms with Crippen LogP contribution in [0.4, 0.5) is 5.69 Å². The van der Waals surface area contributed by atoms with Crippen LogP contribution in [0.5, 0.6) is 0 Å². The van der Waals surface area contributed by atoms with Crippen molar-refractivity contribution in [1.82, 2.24) is 5.32 Å². The van der Waals surface area contributed by atoms with E-state index >= 15 is 0 Å². The predicted molar refractivity (Wildman–Crippen MR) is 92.3 cm³/mol. The van der Waals surface area contributed by atoms with Gasteiger partial charge in [0.1, 0.15) is 6.04 Å². The third kappa shape index (κ3) is 3.63. The van der Waals surface area contributed by atoms with Crippen molar-refractivity contribution in [2.75, 3.05) is 5.32 Å². The van der Waals surface area contributed by atoms with Crippen LogP contribution in [-0.2, 0) is 16.0 Å². The Bertz CT molecular complexity index is 780. The average molecular weight is 339 g/mol. The summed E-state index contributed by atoms with van der Waals surface area (Å²) in [4.78, 5) is 24.3. The Kier molecular flexibility index (Phi) is 4.92. The van der Waals surface area contributed by atoms with Gasteiger partial charge in [-0.25, -0.2) is 0 Å². The Morgan fingerprint density at radius 1 is 1.42 bits per heavy atom. The van der Waals surface area contributed by atoms with Gasteiger partial charge in [0.05, 0.1) is 6.07 Å². The summed E-state index contributed by atoms with van der Waals surface area (Å²) in [5.41, 5.74) is 2.74. The van der Waals surface area contributed by atoms with Crippen molar-refractivity contribution in [3.05, 3.63) is 52.2 Å². The van der Waals surface area contributed by atoms with Crippen molar-refractivity contribution in [2.45, 2.75) is 25.3 Å². The molecule has 2 amide bonds. The lowest BCUT2D eigenvalue weighted by Gasteiger charge is -2.24. The van der Waals surface area contributed by atoms with E-state index in [1.807, 2.05) is 41.1 Å². The Labute approximate surface area is 144 Å². The Balaban J connectivity index is 1.55. The van der Waals surface area contributed by atoms with E-state index in [1.165, 1.54) is 11.3 Å². The first kappa shape index (κ1) is 16.2. The summed E-state index contributed by atoms with van der Waals surface area (Å²) in [5.74, 6) is -0.470. The van der Waals surface area contributed by atoms with E-state index in [4.69, 9.17) is 0 Å².